The Balaban J connectivity index is 3.13. The smallest absolute Gasteiger partial charge is 0.161 e. The van der Waals surface area contributed by atoms with Gasteiger partial charge in [-0.15, -0.1) is 0 Å². The van der Waals surface area contributed by atoms with Gasteiger partial charge in [-0.05, 0) is 24.7 Å². The molecule has 96 valence electrons. The zero-order valence-electron chi connectivity index (χ0n) is 10.9. The largest absolute Gasteiger partial charge is 0.493 e. The lowest BCUT2D eigenvalue weighted by Crippen LogP contribution is -2.37. The van der Waals surface area contributed by atoms with Gasteiger partial charge in [0.1, 0.15) is 0 Å². The van der Waals surface area contributed by atoms with E-state index in [0.29, 0.717) is 18.0 Å². The van der Waals surface area contributed by atoms with Crippen molar-refractivity contribution in [1.82, 2.24) is 5.32 Å². The third-order valence-electron chi connectivity index (χ3n) is 3.00. The zero-order valence-corrected chi connectivity index (χ0v) is 10.9. The van der Waals surface area contributed by atoms with Crippen LogP contribution in [0.4, 0.5) is 0 Å². The van der Waals surface area contributed by atoms with Crippen LogP contribution in [0.1, 0.15) is 12.5 Å². The van der Waals surface area contributed by atoms with Gasteiger partial charge in [0.2, 0.25) is 0 Å². The highest BCUT2D eigenvalue weighted by atomic mass is 16.5. The molecule has 2 N–H and O–H groups in total. The fourth-order valence-electron chi connectivity index (χ4n) is 1.85. The molecule has 0 aliphatic heterocycles. The van der Waals surface area contributed by atoms with Crippen molar-refractivity contribution in [2.45, 2.75) is 12.3 Å². The summed E-state index contributed by atoms with van der Waals surface area (Å²) in [5.74, 6) is 1.38. The predicted octanol–water partition coefficient (Wildman–Crippen LogP) is 1.17. The second kappa shape index (κ2) is 5.89. The van der Waals surface area contributed by atoms with Crippen molar-refractivity contribution in [3.8, 4) is 11.5 Å². The molecule has 0 saturated heterocycles. The first-order chi connectivity index (χ1) is 8.11. The number of aliphatic hydroxyl groups is 1. The number of aliphatic hydroxyl groups excluding tert-OH is 1. The topological polar surface area (TPSA) is 50.7 Å². The molecular weight excluding hydrogens is 218 g/mol. The van der Waals surface area contributed by atoms with Crippen molar-refractivity contribution < 1.29 is 14.6 Å². The second-order valence-corrected chi connectivity index (χ2v) is 4.32. The molecule has 1 atom stereocenters. The fourth-order valence-corrected chi connectivity index (χ4v) is 1.85. The van der Waals surface area contributed by atoms with Gasteiger partial charge in [0.05, 0.1) is 20.8 Å². The van der Waals surface area contributed by atoms with Gasteiger partial charge in [0.15, 0.2) is 11.5 Å². The van der Waals surface area contributed by atoms with Gasteiger partial charge in [-0.1, -0.05) is 13.0 Å². The van der Waals surface area contributed by atoms with Crippen LogP contribution in [-0.2, 0) is 5.41 Å². The van der Waals surface area contributed by atoms with Crippen molar-refractivity contribution in [1.29, 1.82) is 0 Å². The number of likely N-dealkylation sites (N-methyl/N-ethyl adjacent to an activating group) is 1. The first-order valence-electron chi connectivity index (χ1n) is 5.59. The summed E-state index contributed by atoms with van der Waals surface area (Å²) in [6.07, 6.45) is 0. The zero-order chi connectivity index (χ0) is 12.9. The van der Waals surface area contributed by atoms with E-state index in [-0.39, 0.29) is 12.0 Å². The molecule has 0 aliphatic carbocycles. The number of benzene rings is 1. The van der Waals surface area contributed by atoms with Crippen LogP contribution in [0.2, 0.25) is 0 Å². The number of ether oxygens (including phenoxy) is 2. The van der Waals surface area contributed by atoms with Crippen LogP contribution in [0.3, 0.4) is 0 Å². The van der Waals surface area contributed by atoms with E-state index < -0.39 is 0 Å². The maximum absolute atomic E-state index is 9.55. The minimum Gasteiger partial charge on any atom is -0.493 e. The monoisotopic (exact) mass is 239 g/mol. The van der Waals surface area contributed by atoms with Crippen LogP contribution < -0.4 is 14.8 Å². The SMILES string of the molecule is CNCC(C)(CO)c1ccc(OC)c(OC)c1. The van der Waals surface area contributed by atoms with E-state index in [2.05, 4.69) is 5.32 Å². The Morgan fingerprint density at radius 1 is 1.24 bits per heavy atom. The molecule has 0 heterocycles. The minimum absolute atomic E-state index is 0.0727. The Hall–Kier alpha value is -1.26. The molecule has 0 aliphatic rings. The molecule has 0 radical (unpaired) electrons. The second-order valence-electron chi connectivity index (χ2n) is 4.32. The van der Waals surface area contributed by atoms with Crippen LogP contribution in [0.15, 0.2) is 18.2 Å². The summed E-state index contributed by atoms with van der Waals surface area (Å²) in [7, 11) is 5.08. The lowest BCUT2D eigenvalue weighted by molar-refractivity contribution is 0.203. The Morgan fingerprint density at radius 2 is 1.88 bits per heavy atom. The maximum Gasteiger partial charge on any atom is 0.161 e. The van der Waals surface area contributed by atoms with Crippen molar-refractivity contribution in [2.24, 2.45) is 0 Å². The number of nitrogens with one attached hydrogen (secondary N) is 1. The molecule has 1 rings (SSSR count). The molecule has 0 bridgehead atoms. The van der Waals surface area contributed by atoms with E-state index in [1.54, 1.807) is 14.2 Å². The third kappa shape index (κ3) is 2.90. The van der Waals surface area contributed by atoms with Crippen molar-refractivity contribution in [3.05, 3.63) is 23.8 Å². The Bertz CT molecular complexity index is 368. The maximum atomic E-state index is 9.55. The molecule has 17 heavy (non-hydrogen) atoms. The van der Waals surface area contributed by atoms with E-state index >= 15 is 0 Å². The molecule has 1 aromatic rings. The first-order valence-corrected chi connectivity index (χ1v) is 5.59. The lowest BCUT2D eigenvalue weighted by atomic mass is 9.83. The average molecular weight is 239 g/mol. The van der Waals surface area contributed by atoms with Crippen LogP contribution in [0.25, 0.3) is 0 Å². The average Bonchev–Trinajstić information content (AvgIpc) is 2.38. The Labute approximate surface area is 103 Å². The third-order valence-corrected chi connectivity index (χ3v) is 3.00. The van der Waals surface area contributed by atoms with Gasteiger partial charge >= 0.3 is 0 Å². The molecule has 1 unspecified atom stereocenters. The molecule has 4 nitrogen and oxygen atoms in total. The van der Waals surface area contributed by atoms with E-state index in [0.717, 1.165) is 5.56 Å². The molecule has 0 saturated carbocycles. The molecule has 0 amide bonds. The van der Waals surface area contributed by atoms with E-state index in [1.165, 1.54) is 0 Å². The first kappa shape index (κ1) is 13.8. The normalized spacial score (nSPS) is 14.2. The summed E-state index contributed by atoms with van der Waals surface area (Å²) in [6, 6.07) is 5.72. The van der Waals surface area contributed by atoms with Gasteiger partial charge in [0.25, 0.3) is 0 Å². The highest BCUT2D eigenvalue weighted by Crippen LogP contribution is 2.32. The van der Waals surface area contributed by atoms with E-state index in [1.807, 2.05) is 32.2 Å². The standard InChI is InChI=1S/C13H21NO3/c1-13(9-15,8-14-2)10-5-6-11(16-3)12(7-10)17-4/h5-7,14-15H,8-9H2,1-4H3. The molecule has 1 aromatic carbocycles. The highest BCUT2D eigenvalue weighted by Gasteiger charge is 2.26. The van der Waals surface area contributed by atoms with Crippen molar-refractivity contribution in [2.75, 3.05) is 34.4 Å². The summed E-state index contributed by atoms with van der Waals surface area (Å²) in [6.45, 7) is 2.77. The Kier molecular flexibility index (Phi) is 4.78. The van der Waals surface area contributed by atoms with Crippen LogP contribution in [0.5, 0.6) is 11.5 Å². The van der Waals surface area contributed by atoms with Crippen molar-refractivity contribution >= 4 is 0 Å². The van der Waals surface area contributed by atoms with Crippen molar-refractivity contribution in [3.63, 3.8) is 0 Å². The lowest BCUT2D eigenvalue weighted by Gasteiger charge is -2.28. The van der Waals surface area contributed by atoms with Gasteiger partial charge in [-0.25, -0.2) is 0 Å². The fraction of sp³-hybridized carbons (Fsp3) is 0.538. The van der Waals surface area contributed by atoms with Gasteiger partial charge in [-0.2, -0.15) is 0 Å². The highest BCUT2D eigenvalue weighted by molar-refractivity contribution is 5.45. The number of hydrogen-bond donors (Lipinski definition) is 2. The Morgan fingerprint density at radius 3 is 2.35 bits per heavy atom. The number of hydrogen-bond acceptors (Lipinski definition) is 4. The van der Waals surface area contributed by atoms with E-state index in [4.69, 9.17) is 9.47 Å². The van der Waals surface area contributed by atoms with Gasteiger partial charge in [0, 0.05) is 12.0 Å². The minimum atomic E-state index is -0.325. The number of methoxy groups -OCH3 is 2. The quantitative estimate of drug-likeness (QED) is 0.782. The van der Waals surface area contributed by atoms with Crippen LogP contribution in [0, 0.1) is 0 Å². The summed E-state index contributed by atoms with van der Waals surface area (Å²) < 4.78 is 10.5. The predicted molar refractivity (Wildman–Crippen MR) is 67.9 cm³/mol. The van der Waals surface area contributed by atoms with Gasteiger partial charge in [-0.3, -0.25) is 0 Å². The molecule has 0 fully saturated rings. The van der Waals surface area contributed by atoms with Crippen LogP contribution in [-0.4, -0.2) is 39.5 Å². The van der Waals surface area contributed by atoms with Gasteiger partial charge < -0.3 is 19.9 Å². The summed E-state index contributed by atoms with van der Waals surface area (Å²) in [5, 5.41) is 12.6. The summed E-state index contributed by atoms with van der Waals surface area (Å²) in [5.41, 5.74) is 0.695. The number of rotatable bonds is 6. The molecule has 0 aromatic heterocycles. The molecule has 4 heteroatoms. The van der Waals surface area contributed by atoms with E-state index in [9.17, 15) is 5.11 Å². The molecule has 0 spiro atoms. The van der Waals surface area contributed by atoms with Crippen LogP contribution >= 0.6 is 0 Å². The summed E-state index contributed by atoms with van der Waals surface area (Å²) in [4.78, 5) is 0. The molecular formula is C13H21NO3. The summed E-state index contributed by atoms with van der Waals surface area (Å²) >= 11 is 0.